The van der Waals surface area contributed by atoms with Crippen molar-refractivity contribution in [3.05, 3.63) is 0 Å². The van der Waals surface area contributed by atoms with E-state index in [2.05, 4.69) is 0 Å². The zero-order valence-electron chi connectivity index (χ0n) is 6.05. The number of thioether (sulfide) groups is 1. The monoisotopic (exact) mass is 163 g/mol. The van der Waals surface area contributed by atoms with E-state index in [0.717, 1.165) is 24.5 Å². The SMILES string of the molecule is NCC1CSCC1CCF. The van der Waals surface area contributed by atoms with Gasteiger partial charge in [-0.15, -0.1) is 0 Å². The molecule has 1 saturated heterocycles. The Morgan fingerprint density at radius 1 is 1.40 bits per heavy atom. The van der Waals surface area contributed by atoms with Gasteiger partial charge in [-0.05, 0) is 36.3 Å². The molecule has 1 nitrogen and oxygen atoms in total. The average molecular weight is 163 g/mol. The van der Waals surface area contributed by atoms with Gasteiger partial charge < -0.3 is 5.73 Å². The summed E-state index contributed by atoms with van der Waals surface area (Å²) in [5.74, 6) is 3.40. The molecule has 0 spiro atoms. The third kappa shape index (κ3) is 1.86. The molecular weight excluding hydrogens is 149 g/mol. The number of nitrogens with two attached hydrogens (primary N) is 1. The van der Waals surface area contributed by atoms with E-state index in [-0.39, 0.29) is 6.67 Å². The minimum absolute atomic E-state index is 0.179. The van der Waals surface area contributed by atoms with Crippen molar-refractivity contribution in [2.45, 2.75) is 6.42 Å². The first kappa shape index (κ1) is 8.34. The Morgan fingerprint density at radius 2 is 2.10 bits per heavy atom. The second-order valence-corrected chi connectivity index (χ2v) is 3.85. The van der Waals surface area contributed by atoms with Gasteiger partial charge in [-0.1, -0.05) is 0 Å². The Kier molecular flexibility index (Phi) is 3.49. The normalized spacial score (nSPS) is 33.0. The van der Waals surface area contributed by atoms with Crippen LogP contribution in [0.2, 0.25) is 0 Å². The third-order valence-electron chi connectivity index (χ3n) is 2.11. The molecule has 0 saturated carbocycles. The van der Waals surface area contributed by atoms with Gasteiger partial charge in [-0.3, -0.25) is 4.39 Å². The van der Waals surface area contributed by atoms with Crippen LogP contribution in [0.15, 0.2) is 0 Å². The Morgan fingerprint density at radius 3 is 2.70 bits per heavy atom. The highest BCUT2D eigenvalue weighted by Crippen LogP contribution is 2.31. The van der Waals surface area contributed by atoms with Crippen LogP contribution < -0.4 is 5.73 Å². The summed E-state index contributed by atoms with van der Waals surface area (Å²) in [5.41, 5.74) is 5.52. The molecule has 2 N–H and O–H groups in total. The standard InChI is InChI=1S/C7H14FNS/c8-2-1-6-4-10-5-7(6)3-9/h6-7H,1-5,9H2. The lowest BCUT2D eigenvalue weighted by molar-refractivity contribution is 0.345. The maximum atomic E-state index is 11.9. The summed E-state index contributed by atoms with van der Waals surface area (Å²) in [6.07, 6.45) is 0.717. The highest BCUT2D eigenvalue weighted by Gasteiger charge is 2.25. The average Bonchev–Trinajstić information content (AvgIpc) is 2.36. The molecular formula is C7H14FNS. The first-order chi connectivity index (χ1) is 4.88. The minimum Gasteiger partial charge on any atom is -0.330 e. The van der Waals surface area contributed by atoms with E-state index >= 15 is 0 Å². The Hall–Kier alpha value is 0.240. The Balaban J connectivity index is 2.27. The van der Waals surface area contributed by atoms with E-state index < -0.39 is 0 Å². The topological polar surface area (TPSA) is 26.0 Å². The van der Waals surface area contributed by atoms with Gasteiger partial charge in [0.2, 0.25) is 0 Å². The molecule has 0 bridgehead atoms. The molecule has 0 amide bonds. The summed E-state index contributed by atoms with van der Waals surface area (Å²) in [6.45, 7) is 0.555. The van der Waals surface area contributed by atoms with Crippen molar-refractivity contribution in [1.82, 2.24) is 0 Å². The van der Waals surface area contributed by atoms with Crippen LogP contribution in [-0.4, -0.2) is 24.7 Å². The van der Waals surface area contributed by atoms with Crippen molar-refractivity contribution < 1.29 is 4.39 Å². The van der Waals surface area contributed by atoms with Gasteiger partial charge >= 0.3 is 0 Å². The van der Waals surface area contributed by atoms with Crippen molar-refractivity contribution in [2.75, 3.05) is 24.7 Å². The number of halogens is 1. The minimum atomic E-state index is -0.179. The molecule has 2 atom stereocenters. The van der Waals surface area contributed by atoms with Crippen molar-refractivity contribution in [3.63, 3.8) is 0 Å². The van der Waals surface area contributed by atoms with Crippen LogP contribution in [0, 0.1) is 11.8 Å². The molecule has 0 aromatic heterocycles. The lowest BCUT2D eigenvalue weighted by Crippen LogP contribution is -2.22. The van der Waals surface area contributed by atoms with Gasteiger partial charge in [-0.2, -0.15) is 11.8 Å². The molecule has 1 fully saturated rings. The molecule has 0 aromatic rings. The first-order valence-corrected chi connectivity index (χ1v) is 4.87. The fourth-order valence-corrected chi connectivity index (χ4v) is 2.95. The lowest BCUT2D eigenvalue weighted by Gasteiger charge is -2.13. The van der Waals surface area contributed by atoms with E-state index in [9.17, 15) is 4.39 Å². The van der Waals surface area contributed by atoms with Crippen molar-refractivity contribution in [2.24, 2.45) is 17.6 Å². The molecule has 0 aromatic carbocycles. The Labute approximate surface area is 65.6 Å². The van der Waals surface area contributed by atoms with Crippen molar-refractivity contribution in [1.29, 1.82) is 0 Å². The summed E-state index contributed by atoms with van der Waals surface area (Å²) in [5, 5.41) is 0. The van der Waals surface area contributed by atoms with Crippen LogP contribution in [0.3, 0.4) is 0 Å². The highest BCUT2D eigenvalue weighted by atomic mass is 32.2. The van der Waals surface area contributed by atoms with Gasteiger partial charge in [0.1, 0.15) is 0 Å². The van der Waals surface area contributed by atoms with Crippen molar-refractivity contribution >= 4 is 11.8 Å². The van der Waals surface area contributed by atoms with E-state index in [1.165, 1.54) is 0 Å². The maximum Gasteiger partial charge on any atom is 0.0897 e. The zero-order chi connectivity index (χ0) is 7.40. The first-order valence-electron chi connectivity index (χ1n) is 3.72. The predicted molar refractivity (Wildman–Crippen MR) is 44.0 cm³/mol. The van der Waals surface area contributed by atoms with Gasteiger partial charge in [0.05, 0.1) is 6.67 Å². The summed E-state index contributed by atoms with van der Waals surface area (Å²) in [6, 6.07) is 0. The van der Waals surface area contributed by atoms with Crippen LogP contribution in [-0.2, 0) is 0 Å². The molecule has 0 radical (unpaired) electrons. The smallest absolute Gasteiger partial charge is 0.0897 e. The molecule has 2 unspecified atom stereocenters. The van der Waals surface area contributed by atoms with Gasteiger partial charge in [0.15, 0.2) is 0 Å². The van der Waals surface area contributed by atoms with Crippen LogP contribution in [0.4, 0.5) is 4.39 Å². The maximum absolute atomic E-state index is 11.9. The highest BCUT2D eigenvalue weighted by molar-refractivity contribution is 7.99. The second-order valence-electron chi connectivity index (χ2n) is 2.77. The third-order valence-corrected chi connectivity index (χ3v) is 3.44. The van der Waals surface area contributed by atoms with Gasteiger partial charge in [0, 0.05) is 0 Å². The molecule has 60 valence electrons. The predicted octanol–water partition coefficient (Wildman–Crippen LogP) is 1.28. The number of rotatable bonds is 3. The number of hydrogen-bond donors (Lipinski definition) is 1. The molecule has 1 aliphatic rings. The van der Waals surface area contributed by atoms with Crippen LogP contribution in [0.1, 0.15) is 6.42 Å². The molecule has 10 heavy (non-hydrogen) atoms. The molecule has 1 aliphatic heterocycles. The van der Waals surface area contributed by atoms with E-state index in [0.29, 0.717) is 11.8 Å². The second kappa shape index (κ2) is 4.19. The summed E-state index contributed by atoms with van der Waals surface area (Å²) >= 11 is 1.91. The van der Waals surface area contributed by atoms with E-state index in [4.69, 9.17) is 5.73 Å². The number of alkyl halides is 1. The van der Waals surface area contributed by atoms with E-state index in [1.807, 2.05) is 11.8 Å². The zero-order valence-corrected chi connectivity index (χ0v) is 6.87. The molecule has 1 rings (SSSR count). The van der Waals surface area contributed by atoms with E-state index in [1.54, 1.807) is 0 Å². The van der Waals surface area contributed by atoms with Crippen LogP contribution in [0.5, 0.6) is 0 Å². The quantitative estimate of drug-likeness (QED) is 0.678. The summed E-state index contributed by atoms with van der Waals surface area (Å²) in [7, 11) is 0. The summed E-state index contributed by atoms with van der Waals surface area (Å²) < 4.78 is 11.9. The number of hydrogen-bond acceptors (Lipinski definition) is 2. The summed E-state index contributed by atoms with van der Waals surface area (Å²) in [4.78, 5) is 0. The lowest BCUT2D eigenvalue weighted by atomic mass is 9.94. The van der Waals surface area contributed by atoms with Crippen molar-refractivity contribution in [3.8, 4) is 0 Å². The largest absolute Gasteiger partial charge is 0.330 e. The fraction of sp³-hybridized carbons (Fsp3) is 1.00. The molecule has 1 heterocycles. The van der Waals surface area contributed by atoms with Gasteiger partial charge in [-0.25, -0.2) is 0 Å². The molecule has 3 heteroatoms. The Bertz CT molecular complexity index is 99.6. The van der Waals surface area contributed by atoms with Crippen LogP contribution in [0.25, 0.3) is 0 Å². The fourth-order valence-electron chi connectivity index (χ4n) is 1.36. The van der Waals surface area contributed by atoms with Gasteiger partial charge in [0.25, 0.3) is 0 Å². The van der Waals surface area contributed by atoms with Crippen LogP contribution >= 0.6 is 11.8 Å². The molecule has 0 aliphatic carbocycles.